The molecule has 3 aromatic rings. The number of hydrogen-bond donors (Lipinski definition) is 2. The first-order chi connectivity index (χ1) is 24.5. The van der Waals surface area contributed by atoms with Gasteiger partial charge in [0.25, 0.3) is 5.91 Å². The topological polar surface area (TPSA) is 132 Å². The van der Waals surface area contributed by atoms with Gasteiger partial charge in [-0.25, -0.2) is 4.39 Å². The van der Waals surface area contributed by atoms with E-state index < -0.39 is 29.7 Å². The van der Waals surface area contributed by atoms with Crippen LogP contribution >= 0.6 is 0 Å². The molecule has 3 aliphatic heterocycles. The number of ether oxygens (including phenoxy) is 1. The molecule has 12 nitrogen and oxygen atoms in total. The summed E-state index contributed by atoms with van der Waals surface area (Å²) in [5, 5.41) is 8.04. The maximum absolute atomic E-state index is 14.6. The van der Waals surface area contributed by atoms with Crippen molar-refractivity contribution < 1.29 is 33.1 Å². The minimum Gasteiger partial charge on any atom is -0.491 e. The third-order valence-corrected chi connectivity index (χ3v) is 10.1. The van der Waals surface area contributed by atoms with Gasteiger partial charge in [0.2, 0.25) is 23.6 Å². The van der Waals surface area contributed by atoms with E-state index in [1.807, 2.05) is 42.5 Å². The Morgan fingerprint density at radius 2 is 1.71 bits per heavy atom. The smallest absolute Gasteiger partial charge is 0.258 e. The number of nitrogens with zero attached hydrogens (tertiary/aromatic N) is 4. The largest absolute Gasteiger partial charge is 0.491 e. The molecule has 2 saturated heterocycles. The Hall–Kier alpha value is -5.04. The highest BCUT2D eigenvalue weighted by Gasteiger charge is 2.38. The Balaban J connectivity index is 1.21. The molecule has 2 N–H and O–H groups in total. The average molecular weight is 701 g/mol. The van der Waals surface area contributed by atoms with Crippen molar-refractivity contribution in [2.75, 3.05) is 53.4 Å². The van der Waals surface area contributed by atoms with E-state index in [-0.39, 0.29) is 74.2 Å². The minimum absolute atomic E-state index is 0.0345. The average Bonchev–Trinajstić information content (AvgIpc) is 3.78. The Morgan fingerprint density at radius 3 is 2.49 bits per heavy atom. The fourth-order valence-corrected chi connectivity index (χ4v) is 7.20. The molecule has 3 atom stereocenters. The number of amides is 5. The van der Waals surface area contributed by atoms with Crippen molar-refractivity contribution in [2.24, 2.45) is 0 Å². The first-order valence-corrected chi connectivity index (χ1v) is 17.6. The fourth-order valence-electron chi connectivity index (χ4n) is 7.20. The third-order valence-electron chi connectivity index (χ3n) is 10.1. The first-order valence-electron chi connectivity index (χ1n) is 17.6. The van der Waals surface area contributed by atoms with Gasteiger partial charge in [0, 0.05) is 39.6 Å². The van der Waals surface area contributed by atoms with Gasteiger partial charge in [-0.3, -0.25) is 28.9 Å². The number of rotatable bonds is 6. The lowest BCUT2D eigenvalue weighted by Crippen LogP contribution is -2.48. The summed E-state index contributed by atoms with van der Waals surface area (Å²) in [4.78, 5) is 73.8. The number of fused-ring (bicyclic) bond motifs is 3. The zero-order valence-electron chi connectivity index (χ0n) is 29.1. The van der Waals surface area contributed by atoms with Crippen LogP contribution in [0.1, 0.15) is 48.0 Å². The lowest BCUT2D eigenvalue weighted by atomic mass is 10.0. The Morgan fingerprint density at radius 1 is 0.941 bits per heavy atom. The summed E-state index contributed by atoms with van der Waals surface area (Å²) < 4.78 is 20.8. The minimum atomic E-state index is -1.08. The summed E-state index contributed by atoms with van der Waals surface area (Å²) in [6.45, 7) is 2.23. The zero-order valence-corrected chi connectivity index (χ0v) is 29.1. The van der Waals surface area contributed by atoms with Crippen molar-refractivity contribution in [1.29, 1.82) is 0 Å². The zero-order chi connectivity index (χ0) is 36.1. The molecule has 3 aliphatic rings. The van der Waals surface area contributed by atoms with Crippen LogP contribution < -0.4 is 15.4 Å². The van der Waals surface area contributed by atoms with Gasteiger partial charge < -0.3 is 30.1 Å². The van der Waals surface area contributed by atoms with Crippen LogP contribution in [0.4, 0.5) is 4.39 Å². The van der Waals surface area contributed by atoms with Crippen molar-refractivity contribution in [1.82, 2.24) is 30.2 Å². The van der Waals surface area contributed by atoms with Gasteiger partial charge >= 0.3 is 0 Å². The fraction of sp³-hybridized carbons (Fsp3) is 0.447. The van der Waals surface area contributed by atoms with E-state index in [9.17, 15) is 28.4 Å². The number of hydrogen-bond acceptors (Lipinski definition) is 7. The Bertz CT molecular complexity index is 1800. The normalized spacial score (nSPS) is 22.2. The van der Waals surface area contributed by atoms with Gasteiger partial charge in [-0.1, -0.05) is 36.4 Å². The molecule has 0 aromatic heterocycles. The summed E-state index contributed by atoms with van der Waals surface area (Å²) >= 11 is 0. The first kappa shape index (κ1) is 35.8. The van der Waals surface area contributed by atoms with Crippen LogP contribution in [0.15, 0.2) is 60.7 Å². The second-order valence-electron chi connectivity index (χ2n) is 13.8. The number of carbonyl (C=O) groups is 5. The van der Waals surface area contributed by atoms with E-state index in [4.69, 9.17) is 4.74 Å². The van der Waals surface area contributed by atoms with Gasteiger partial charge in [-0.2, -0.15) is 0 Å². The van der Waals surface area contributed by atoms with Crippen LogP contribution in [0.3, 0.4) is 0 Å². The standard InChI is InChI=1S/C38H45FN6O6/c1-42-23-36(48)45-21-29(41-34(46)22-44-15-5-6-16-44)19-30(45)24-51-33-13-11-28(39)18-31(33)38(50)43(2)32(12-14-35(42)47)37(49)40-20-25-9-10-26-7-3-4-8-27(26)17-25/h3-4,7-11,13,17-18,29-30,32H,5-6,12,14-16,19-24H2,1-2H3,(H,40,49)(H,41,46)/t29-,30+,32+/m1/s1. The molecule has 270 valence electrons. The summed E-state index contributed by atoms with van der Waals surface area (Å²) in [6.07, 6.45) is 2.37. The summed E-state index contributed by atoms with van der Waals surface area (Å²) in [7, 11) is 2.97. The molecule has 0 bridgehead atoms. The Labute approximate surface area is 296 Å². The summed E-state index contributed by atoms with van der Waals surface area (Å²) in [5.41, 5.74) is 0.770. The molecule has 3 aromatic carbocycles. The highest BCUT2D eigenvalue weighted by molar-refractivity contribution is 5.99. The number of likely N-dealkylation sites (tertiary alicyclic amines) is 1. The van der Waals surface area contributed by atoms with E-state index in [0.717, 1.165) is 48.3 Å². The van der Waals surface area contributed by atoms with Crippen LogP contribution in [-0.2, 0) is 25.7 Å². The van der Waals surface area contributed by atoms with E-state index in [0.29, 0.717) is 13.0 Å². The van der Waals surface area contributed by atoms with Crippen LogP contribution in [0, 0.1) is 5.82 Å². The SMILES string of the molecule is CN1CC(=O)N2C[C@H](NC(=O)CN3CCCC3)C[C@H]2COc2ccc(F)cc2C(=O)N(C)[C@H](C(=O)NCc2ccc3ccccc3c2)CCC1=O. The predicted molar refractivity (Wildman–Crippen MR) is 188 cm³/mol. The molecule has 6 rings (SSSR count). The molecular weight excluding hydrogens is 655 g/mol. The molecule has 0 radical (unpaired) electrons. The quantitative estimate of drug-likeness (QED) is 0.404. The van der Waals surface area contributed by atoms with Crippen molar-refractivity contribution in [3.8, 4) is 5.75 Å². The summed E-state index contributed by atoms with van der Waals surface area (Å²) in [5.74, 6) is -2.51. The van der Waals surface area contributed by atoms with Crippen LogP contribution in [0.25, 0.3) is 10.8 Å². The number of benzene rings is 3. The molecule has 0 unspecified atom stereocenters. The van der Waals surface area contributed by atoms with E-state index >= 15 is 0 Å². The second-order valence-corrected chi connectivity index (χ2v) is 13.8. The van der Waals surface area contributed by atoms with Gasteiger partial charge in [0.1, 0.15) is 24.2 Å². The van der Waals surface area contributed by atoms with Crippen LogP contribution in [0.5, 0.6) is 5.75 Å². The van der Waals surface area contributed by atoms with E-state index in [1.165, 1.54) is 36.0 Å². The molecule has 51 heavy (non-hydrogen) atoms. The maximum atomic E-state index is 14.6. The molecule has 5 amide bonds. The number of halogens is 1. The molecule has 0 spiro atoms. The van der Waals surface area contributed by atoms with Crippen LogP contribution in [0.2, 0.25) is 0 Å². The van der Waals surface area contributed by atoms with Gasteiger partial charge in [0.15, 0.2) is 0 Å². The molecule has 0 saturated carbocycles. The second kappa shape index (κ2) is 15.9. The predicted octanol–water partition coefficient (Wildman–Crippen LogP) is 2.55. The molecule has 3 heterocycles. The van der Waals surface area contributed by atoms with Gasteiger partial charge in [-0.15, -0.1) is 0 Å². The van der Waals surface area contributed by atoms with Crippen molar-refractivity contribution in [2.45, 2.75) is 56.8 Å². The number of likely N-dealkylation sites (N-methyl/N-ethyl adjacent to an activating group) is 2. The van der Waals surface area contributed by atoms with E-state index in [1.54, 1.807) is 4.90 Å². The van der Waals surface area contributed by atoms with Gasteiger partial charge in [-0.05, 0) is 79.4 Å². The molecule has 13 heteroatoms. The number of carbonyl (C=O) groups excluding carboxylic acids is 5. The van der Waals surface area contributed by atoms with Gasteiger partial charge in [0.05, 0.1) is 24.7 Å². The van der Waals surface area contributed by atoms with E-state index in [2.05, 4.69) is 15.5 Å². The third kappa shape index (κ3) is 8.65. The maximum Gasteiger partial charge on any atom is 0.258 e. The highest BCUT2D eigenvalue weighted by atomic mass is 19.1. The number of nitrogens with one attached hydrogen (secondary N) is 2. The molecule has 2 fully saturated rings. The highest BCUT2D eigenvalue weighted by Crippen LogP contribution is 2.26. The van der Waals surface area contributed by atoms with Crippen molar-refractivity contribution in [3.05, 3.63) is 77.6 Å². The van der Waals surface area contributed by atoms with Crippen LogP contribution in [-0.4, -0.2) is 121 Å². The monoisotopic (exact) mass is 700 g/mol. The molecular formula is C38H45FN6O6. The van der Waals surface area contributed by atoms with Crippen molar-refractivity contribution in [3.63, 3.8) is 0 Å². The Kier molecular flexibility index (Phi) is 11.1. The lowest BCUT2D eigenvalue weighted by molar-refractivity contribution is -0.140. The van der Waals surface area contributed by atoms with Crippen molar-refractivity contribution >= 4 is 40.3 Å². The summed E-state index contributed by atoms with van der Waals surface area (Å²) in [6, 6.07) is 15.4. The molecule has 0 aliphatic carbocycles. The lowest BCUT2D eigenvalue weighted by Gasteiger charge is -2.28.